The first kappa shape index (κ1) is 18.1. The van der Waals surface area contributed by atoms with E-state index >= 15 is 0 Å². The molecule has 2 aromatic heterocycles. The fraction of sp³-hybridized carbons (Fsp3) is 0.684. The van der Waals surface area contributed by atoms with E-state index < -0.39 is 6.67 Å². The van der Waals surface area contributed by atoms with E-state index in [-0.39, 0.29) is 17.7 Å². The Labute approximate surface area is 157 Å². The molecule has 1 aliphatic carbocycles. The molecular weight excluding hydrogens is 349 g/mol. The molecule has 1 saturated heterocycles. The Hall–Kier alpha value is -2.25. The fourth-order valence-corrected chi connectivity index (χ4v) is 4.45. The molecule has 0 bridgehead atoms. The molecule has 1 amide bonds. The number of alkyl halides is 1. The third-order valence-electron chi connectivity index (χ3n) is 6.02. The lowest BCUT2D eigenvalue weighted by atomic mass is 9.89. The lowest BCUT2D eigenvalue weighted by molar-refractivity contribution is 0.0782. The molecule has 2 fully saturated rings. The highest BCUT2D eigenvalue weighted by Gasteiger charge is 2.40. The van der Waals surface area contributed by atoms with E-state index in [9.17, 15) is 9.18 Å². The van der Waals surface area contributed by atoms with E-state index in [1.807, 2.05) is 0 Å². The highest BCUT2D eigenvalue weighted by molar-refractivity contribution is 5.96. The summed E-state index contributed by atoms with van der Waals surface area (Å²) < 4.78 is 18.8. The van der Waals surface area contributed by atoms with Gasteiger partial charge in [-0.2, -0.15) is 5.10 Å². The molecule has 146 valence electrons. The van der Waals surface area contributed by atoms with E-state index in [2.05, 4.69) is 15.4 Å². The number of carbonyl (C=O) groups is 1. The standard InChI is InChI=1S/C19H26FN5O2/c1-11-16(12(2)27-24-11)19(26)25-9-14(8-20)15(10-25)18-21-17(22-23-18)13-6-4-3-5-7-13/h13-15H,3-10H2,1-2H3,(H,21,22,23). The first-order valence-electron chi connectivity index (χ1n) is 9.78. The summed E-state index contributed by atoms with van der Waals surface area (Å²) in [4.78, 5) is 19.3. The number of hydrogen-bond acceptors (Lipinski definition) is 5. The molecule has 2 unspecified atom stereocenters. The quantitative estimate of drug-likeness (QED) is 0.886. The van der Waals surface area contributed by atoms with Crippen molar-refractivity contribution in [2.75, 3.05) is 19.8 Å². The van der Waals surface area contributed by atoms with Crippen molar-refractivity contribution in [3.8, 4) is 0 Å². The monoisotopic (exact) mass is 375 g/mol. The Balaban J connectivity index is 1.52. The molecule has 3 heterocycles. The van der Waals surface area contributed by atoms with Crippen LogP contribution in [-0.2, 0) is 0 Å². The lowest BCUT2D eigenvalue weighted by Crippen LogP contribution is -2.30. The van der Waals surface area contributed by atoms with Crippen molar-refractivity contribution >= 4 is 5.91 Å². The summed E-state index contributed by atoms with van der Waals surface area (Å²) in [5, 5.41) is 11.3. The van der Waals surface area contributed by atoms with Gasteiger partial charge in [0.1, 0.15) is 17.1 Å². The minimum absolute atomic E-state index is 0.154. The lowest BCUT2D eigenvalue weighted by Gasteiger charge is -2.18. The van der Waals surface area contributed by atoms with Gasteiger partial charge < -0.3 is 9.42 Å². The van der Waals surface area contributed by atoms with Crippen molar-refractivity contribution in [3.05, 3.63) is 28.7 Å². The van der Waals surface area contributed by atoms with E-state index in [1.165, 1.54) is 19.3 Å². The number of aromatic amines is 1. The van der Waals surface area contributed by atoms with Crippen molar-refractivity contribution in [3.63, 3.8) is 0 Å². The number of nitrogens with zero attached hydrogens (tertiary/aromatic N) is 4. The minimum atomic E-state index is -0.491. The molecule has 0 spiro atoms. The predicted molar refractivity (Wildman–Crippen MR) is 96.3 cm³/mol. The molecule has 8 heteroatoms. The molecule has 7 nitrogen and oxygen atoms in total. The summed E-state index contributed by atoms with van der Waals surface area (Å²) in [6, 6.07) is 0. The molecular formula is C19H26FN5O2. The van der Waals surface area contributed by atoms with Crippen LogP contribution < -0.4 is 0 Å². The molecule has 1 saturated carbocycles. The smallest absolute Gasteiger partial charge is 0.259 e. The topological polar surface area (TPSA) is 87.9 Å². The number of H-pyrrole nitrogens is 1. The zero-order valence-corrected chi connectivity index (χ0v) is 15.9. The third-order valence-corrected chi connectivity index (χ3v) is 6.02. The van der Waals surface area contributed by atoms with Crippen LogP contribution in [0.4, 0.5) is 4.39 Å². The molecule has 1 aliphatic heterocycles. The number of rotatable bonds is 4. The highest BCUT2D eigenvalue weighted by atomic mass is 19.1. The van der Waals surface area contributed by atoms with Crippen molar-refractivity contribution < 1.29 is 13.7 Å². The maximum absolute atomic E-state index is 13.7. The summed E-state index contributed by atoms with van der Waals surface area (Å²) in [5.74, 6) is 1.85. The number of hydrogen-bond donors (Lipinski definition) is 1. The van der Waals surface area contributed by atoms with Crippen molar-refractivity contribution in [2.24, 2.45) is 5.92 Å². The third kappa shape index (κ3) is 3.37. The summed E-state index contributed by atoms with van der Waals surface area (Å²) in [5.41, 5.74) is 1.05. The second-order valence-electron chi connectivity index (χ2n) is 7.84. The zero-order chi connectivity index (χ0) is 19.0. The average molecular weight is 375 g/mol. The molecule has 0 radical (unpaired) electrons. The van der Waals surface area contributed by atoms with E-state index in [1.54, 1.807) is 18.7 Å². The minimum Gasteiger partial charge on any atom is -0.361 e. The van der Waals surface area contributed by atoms with Gasteiger partial charge in [0.25, 0.3) is 5.91 Å². The molecule has 0 aromatic carbocycles. The van der Waals surface area contributed by atoms with Crippen LogP contribution in [0.1, 0.15) is 77.4 Å². The van der Waals surface area contributed by atoms with Crippen LogP contribution in [-0.4, -0.2) is 50.9 Å². The predicted octanol–water partition coefficient (Wildman–Crippen LogP) is 3.28. The van der Waals surface area contributed by atoms with E-state index in [0.29, 0.717) is 41.8 Å². The Bertz CT molecular complexity index is 791. The number of nitrogens with one attached hydrogen (secondary N) is 1. The molecule has 4 rings (SSSR count). The summed E-state index contributed by atoms with van der Waals surface area (Å²) >= 11 is 0. The number of amides is 1. The van der Waals surface area contributed by atoms with Gasteiger partial charge >= 0.3 is 0 Å². The Morgan fingerprint density at radius 1 is 1.26 bits per heavy atom. The zero-order valence-electron chi connectivity index (χ0n) is 15.9. The Morgan fingerprint density at radius 2 is 2.04 bits per heavy atom. The summed E-state index contributed by atoms with van der Waals surface area (Å²) in [6.45, 7) is 3.77. The maximum atomic E-state index is 13.7. The Morgan fingerprint density at radius 3 is 2.70 bits per heavy atom. The Kier molecular flexibility index (Phi) is 4.97. The van der Waals surface area contributed by atoms with Crippen molar-refractivity contribution in [1.82, 2.24) is 25.2 Å². The van der Waals surface area contributed by atoms with Crippen LogP contribution in [0.2, 0.25) is 0 Å². The van der Waals surface area contributed by atoms with Crippen LogP contribution in [0.15, 0.2) is 4.52 Å². The average Bonchev–Trinajstić information content (AvgIpc) is 3.40. The summed E-state index contributed by atoms with van der Waals surface area (Å²) in [6.07, 6.45) is 5.94. The van der Waals surface area contributed by atoms with Crippen molar-refractivity contribution in [2.45, 2.75) is 57.8 Å². The highest BCUT2D eigenvalue weighted by Crippen LogP contribution is 2.35. The first-order chi connectivity index (χ1) is 13.1. The SMILES string of the molecule is Cc1noc(C)c1C(=O)N1CC(CF)C(c2nc(C3CCCCC3)n[nH]2)C1. The summed E-state index contributed by atoms with van der Waals surface area (Å²) in [7, 11) is 0. The van der Waals surface area contributed by atoms with Gasteiger partial charge in [0.2, 0.25) is 0 Å². The molecule has 1 N–H and O–H groups in total. The van der Waals surface area contributed by atoms with Crippen LogP contribution in [0.25, 0.3) is 0 Å². The van der Waals surface area contributed by atoms with Gasteiger partial charge in [-0.15, -0.1) is 0 Å². The van der Waals surface area contributed by atoms with Crippen LogP contribution in [0, 0.1) is 19.8 Å². The van der Waals surface area contributed by atoms with Gasteiger partial charge in [-0.1, -0.05) is 24.4 Å². The molecule has 2 aromatic rings. The number of aromatic nitrogens is 4. The number of aryl methyl sites for hydroxylation is 2. The van der Waals surface area contributed by atoms with Gasteiger partial charge in [-0.3, -0.25) is 14.3 Å². The maximum Gasteiger partial charge on any atom is 0.259 e. The first-order valence-corrected chi connectivity index (χ1v) is 9.78. The van der Waals surface area contributed by atoms with E-state index in [4.69, 9.17) is 9.51 Å². The molecule has 2 aliphatic rings. The van der Waals surface area contributed by atoms with E-state index in [0.717, 1.165) is 18.7 Å². The van der Waals surface area contributed by atoms with Gasteiger partial charge in [-0.05, 0) is 26.7 Å². The number of carbonyl (C=O) groups excluding carboxylic acids is 1. The largest absolute Gasteiger partial charge is 0.361 e. The second-order valence-corrected chi connectivity index (χ2v) is 7.84. The van der Waals surface area contributed by atoms with Gasteiger partial charge in [0.05, 0.1) is 12.4 Å². The normalized spacial score (nSPS) is 23.9. The van der Waals surface area contributed by atoms with Crippen LogP contribution in [0.3, 0.4) is 0 Å². The van der Waals surface area contributed by atoms with Gasteiger partial charge in [0, 0.05) is 30.8 Å². The van der Waals surface area contributed by atoms with Gasteiger partial charge in [0.15, 0.2) is 5.82 Å². The molecule has 2 atom stereocenters. The van der Waals surface area contributed by atoms with Crippen LogP contribution in [0.5, 0.6) is 0 Å². The number of halogens is 1. The van der Waals surface area contributed by atoms with Crippen LogP contribution >= 0.6 is 0 Å². The fourth-order valence-electron chi connectivity index (χ4n) is 4.45. The molecule has 27 heavy (non-hydrogen) atoms. The van der Waals surface area contributed by atoms with Crippen molar-refractivity contribution in [1.29, 1.82) is 0 Å². The number of likely N-dealkylation sites (tertiary alicyclic amines) is 1. The second kappa shape index (κ2) is 7.40. The van der Waals surface area contributed by atoms with Gasteiger partial charge in [-0.25, -0.2) is 4.98 Å².